The third-order valence-electron chi connectivity index (χ3n) is 3.35. The zero-order valence-electron chi connectivity index (χ0n) is 11.1. The first-order valence-electron chi connectivity index (χ1n) is 6.35. The summed E-state index contributed by atoms with van der Waals surface area (Å²) in [6.45, 7) is 2.07. The number of nitrogens with zero attached hydrogens (tertiary/aromatic N) is 1. The van der Waals surface area contributed by atoms with Crippen molar-refractivity contribution in [3.05, 3.63) is 23.8 Å². The lowest BCUT2D eigenvalue weighted by Gasteiger charge is -2.20. The molecule has 0 radical (unpaired) electrons. The number of rotatable bonds is 3. The predicted octanol–water partition coefficient (Wildman–Crippen LogP) is 0.898. The summed E-state index contributed by atoms with van der Waals surface area (Å²) in [6.07, 6.45) is 0.694. The summed E-state index contributed by atoms with van der Waals surface area (Å²) in [7, 11) is -1.24. The highest BCUT2D eigenvalue weighted by atomic mass is 32.2. The zero-order valence-corrected chi connectivity index (χ0v) is 11.9. The Morgan fingerprint density at radius 2 is 2.11 bits per heavy atom. The Hall–Kier alpha value is -1.27. The maximum atomic E-state index is 11.6. The molecule has 0 bridgehead atoms. The number of benzene rings is 1. The zero-order chi connectivity index (χ0) is 13.9. The fraction of sp³-hybridized carbons (Fsp3) is 0.538. The lowest BCUT2D eigenvalue weighted by atomic mass is 10.1. The van der Waals surface area contributed by atoms with Gasteiger partial charge in [-0.3, -0.25) is 4.90 Å². The summed E-state index contributed by atoms with van der Waals surface area (Å²) in [5, 5.41) is 0. The molecule has 0 atom stereocenters. The molecule has 1 aliphatic rings. The lowest BCUT2D eigenvalue weighted by Crippen LogP contribution is -2.26. The molecule has 0 aliphatic carbocycles. The molecule has 0 unspecified atom stereocenters. The minimum absolute atomic E-state index is 0.240. The van der Waals surface area contributed by atoms with Crippen LogP contribution in [-0.2, 0) is 16.4 Å². The van der Waals surface area contributed by atoms with Crippen molar-refractivity contribution >= 4 is 15.5 Å². The Morgan fingerprint density at radius 3 is 2.84 bits per heavy atom. The molecule has 0 saturated carbocycles. The van der Waals surface area contributed by atoms with Crippen molar-refractivity contribution in [3.8, 4) is 5.75 Å². The minimum Gasteiger partial charge on any atom is -0.496 e. The maximum absolute atomic E-state index is 11.6. The van der Waals surface area contributed by atoms with Crippen LogP contribution in [0.4, 0.5) is 5.69 Å². The summed E-state index contributed by atoms with van der Waals surface area (Å²) in [6, 6.07) is 5.57. The molecule has 1 heterocycles. The Morgan fingerprint density at radius 1 is 1.32 bits per heavy atom. The summed E-state index contributed by atoms with van der Waals surface area (Å²) < 4.78 is 28.5. The van der Waals surface area contributed by atoms with Crippen LogP contribution in [0.5, 0.6) is 5.75 Å². The van der Waals surface area contributed by atoms with Crippen molar-refractivity contribution < 1.29 is 13.2 Å². The normalized spacial score (nSPS) is 19.8. The highest BCUT2D eigenvalue weighted by Crippen LogP contribution is 2.23. The van der Waals surface area contributed by atoms with E-state index in [9.17, 15) is 8.42 Å². The van der Waals surface area contributed by atoms with Crippen LogP contribution in [0.25, 0.3) is 0 Å². The van der Waals surface area contributed by atoms with Crippen LogP contribution >= 0.6 is 0 Å². The van der Waals surface area contributed by atoms with E-state index in [4.69, 9.17) is 10.5 Å². The second kappa shape index (κ2) is 5.79. The standard InChI is InChI=1S/C13H20N2O3S/c1-18-13-9-12(14)4-3-11(13)10-15-5-2-7-19(16,17)8-6-15/h3-4,9H,2,5-8,10,14H2,1H3. The van der Waals surface area contributed by atoms with Crippen LogP contribution in [0, 0.1) is 0 Å². The van der Waals surface area contributed by atoms with E-state index in [0.717, 1.165) is 17.9 Å². The average molecular weight is 284 g/mol. The molecule has 2 N–H and O–H groups in total. The number of anilines is 1. The molecule has 19 heavy (non-hydrogen) atoms. The van der Waals surface area contributed by atoms with Gasteiger partial charge in [-0.25, -0.2) is 8.42 Å². The molecule has 106 valence electrons. The van der Waals surface area contributed by atoms with Gasteiger partial charge in [0, 0.05) is 30.4 Å². The Bertz CT molecular complexity index is 543. The quantitative estimate of drug-likeness (QED) is 0.835. The Labute approximate surface area is 114 Å². The van der Waals surface area contributed by atoms with Crippen molar-refractivity contribution in [2.45, 2.75) is 13.0 Å². The van der Waals surface area contributed by atoms with Crippen LogP contribution in [0.1, 0.15) is 12.0 Å². The molecule has 0 aromatic heterocycles. The molecule has 1 aliphatic heterocycles. The van der Waals surface area contributed by atoms with Gasteiger partial charge in [-0.2, -0.15) is 0 Å². The number of nitrogen functional groups attached to an aromatic ring is 1. The molecule has 1 aromatic carbocycles. The van der Waals surface area contributed by atoms with Gasteiger partial charge in [0.1, 0.15) is 5.75 Å². The first-order chi connectivity index (χ1) is 9.00. The molecule has 1 saturated heterocycles. The van der Waals surface area contributed by atoms with Crippen LogP contribution in [-0.4, -0.2) is 45.0 Å². The van der Waals surface area contributed by atoms with E-state index in [1.54, 1.807) is 13.2 Å². The van der Waals surface area contributed by atoms with Crippen molar-refractivity contribution in [2.24, 2.45) is 0 Å². The van der Waals surface area contributed by atoms with Crippen LogP contribution in [0.3, 0.4) is 0 Å². The summed E-state index contributed by atoms with van der Waals surface area (Å²) in [4.78, 5) is 2.15. The van der Waals surface area contributed by atoms with Crippen LogP contribution in [0.2, 0.25) is 0 Å². The predicted molar refractivity (Wildman–Crippen MR) is 76.0 cm³/mol. The van der Waals surface area contributed by atoms with Gasteiger partial charge in [0.05, 0.1) is 18.6 Å². The monoisotopic (exact) mass is 284 g/mol. The van der Waals surface area contributed by atoms with Crippen LogP contribution < -0.4 is 10.5 Å². The molecule has 1 fully saturated rings. The van der Waals surface area contributed by atoms with Gasteiger partial charge in [0.15, 0.2) is 9.84 Å². The average Bonchev–Trinajstić information content (AvgIpc) is 2.53. The van der Waals surface area contributed by atoms with E-state index in [-0.39, 0.29) is 5.75 Å². The van der Waals surface area contributed by atoms with Gasteiger partial charge in [0.25, 0.3) is 0 Å². The topological polar surface area (TPSA) is 72.6 Å². The number of methoxy groups -OCH3 is 1. The van der Waals surface area contributed by atoms with Crippen LogP contribution in [0.15, 0.2) is 18.2 Å². The molecule has 0 spiro atoms. The smallest absolute Gasteiger partial charge is 0.151 e. The van der Waals surface area contributed by atoms with Gasteiger partial charge >= 0.3 is 0 Å². The number of hydrogen-bond acceptors (Lipinski definition) is 5. The fourth-order valence-electron chi connectivity index (χ4n) is 2.28. The second-order valence-corrected chi connectivity index (χ2v) is 7.16. The molecule has 1 aromatic rings. The molecule has 2 rings (SSSR count). The van der Waals surface area contributed by atoms with E-state index in [0.29, 0.717) is 31.0 Å². The van der Waals surface area contributed by atoms with E-state index in [2.05, 4.69) is 4.90 Å². The highest BCUT2D eigenvalue weighted by molar-refractivity contribution is 7.91. The van der Waals surface area contributed by atoms with Gasteiger partial charge < -0.3 is 10.5 Å². The van der Waals surface area contributed by atoms with E-state index in [1.807, 2.05) is 12.1 Å². The summed E-state index contributed by atoms with van der Waals surface area (Å²) >= 11 is 0. The Balaban J connectivity index is 2.09. The number of ether oxygens (including phenoxy) is 1. The molecule has 6 heteroatoms. The van der Waals surface area contributed by atoms with E-state index >= 15 is 0 Å². The van der Waals surface area contributed by atoms with E-state index in [1.165, 1.54) is 0 Å². The molecular weight excluding hydrogens is 264 g/mol. The molecule has 0 amide bonds. The maximum Gasteiger partial charge on any atom is 0.151 e. The number of nitrogens with two attached hydrogens (primary N) is 1. The van der Waals surface area contributed by atoms with Gasteiger partial charge in [0.2, 0.25) is 0 Å². The van der Waals surface area contributed by atoms with Crippen molar-refractivity contribution in [3.63, 3.8) is 0 Å². The van der Waals surface area contributed by atoms with Gasteiger partial charge in [-0.1, -0.05) is 6.07 Å². The molecular formula is C13H20N2O3S. The second-order valence-electron chi connectivity index (χ2n) is 4.85. The van der Waals surface area contributed by atoms with Crippen molar-refractivity contribution in [1.82, 2.24) is 4.90 Å². The Kier molecular flexibility index (Phi) is 4.31. The van der Waals surface area contributed by atoms with Gasteiger partial charge in [-0.15, -0.1) is 0 Å². The number of sulfone groups is 1. The molecule has 5 nitrogen and oxygen atoms in total. The van der Waals surface area contributed by atoms with Crippen molar-refractivity contribution in [2.75, 3.05) is 37.4 Å². The first kappa shape index (κ1) is 14.1. The summed E-state index contributed by atoms with van der Waals surface area (Å²) in [5.41, 5.74) is 7.43. The summed E-state index contributed by atoms with van der Waals surface area (Å²) in [5.74, 6) is 1.29. The van der Waals surface area contributed by atoms with Gasteiger partial charge in [-0.05, 0) is 19.0 Å². The fourth-order valence-corrected chi connectivity index (χ4v) is 3.59. The minimum atomic E-state index is -2.86. The third kappa shape index (κ3) is 3.84. The SMILES string of the molecule is COc1cc(N)ccc1CN1CCCS(=O)(=O)CC1. The largest absolute Gasteiger partial charge is 0.496 e. The van der Waals surface area contributed by atoms with E-state index < -0.39 is 9.84 Å². The highest BCUT2D eigenvalue weighted by Gasteiger charge is 2.19. The third-order valence-corrected chi connectivity index (χ3v) is 5.07. The number of hydrogen-bond donors (Lipinski definition) is 1. The first-order valence-corrected chi connectivity index (χ1v) is 8.17. The van der Waals surface area contributed by atoms with Crippen molar-refractivity contribution in [1.29, 1.82) is 0 Å². The lowest BCUT2D eigenvalue weighted by molar-refractivity contribution is 0.281.